The zero-order valence-electron chi connectivity index (χ0n) is 12.7. The molecule has 0 spiro atoms. The van der Waals surface area contributed by atoms with Gasteiger partial charge in [0.1, 0.15) is 5.54 Å². The van der Waals surface area contributed by atoms with Crippen molar-refractivity contribution in [2.45, 2.75) is 24.0 Å². The van der Waals surface area contributed by atoms with E-state index >= 15 is 0 Å². The van der Waals surface area contributed by atoms with Crippen LogP contribution in [0.4, 0.5) is 0 Å². The summed E-state index contributed by atoms with van der Waals surface area (Å²) in [4.78, 5) is 0. The lowest BCUT2D eigenvalue weighted by molar-refractivity contribution is 0.00643. The van der Waals surface area contributed by atoms with Gasteiger partial charge in [-0.15, -0.1) is 5.10 Å². The van der Waals surface area contributed by atoms with Gasteiger partial charge in [0, 0.05) is 27.9 Å². The minimum atomic E-state index is -3.84. The van der Waals surface area contributed by atoms with Gasteiger partial charge in [0.05, 0.1) is 26.0 Å². The molecule has 0 aliphatic heterocycles. The smallest absolute Gasteiger partial charge is 0.260 e. The van der Waals surface area contributed by atoms with Gasteiger partial charge >= 0.3 is 0 Å². The van der Waals surface area contributed by atoms with Gasteiger partial charge in [0.25, 0.3) is 10.0 Å². The van der Waals surface area contributed by atoms with Gasteiger partial charge in [-0.1, -0.05) is 5.21 Å². The van der Waals surface area contributed by atoms with Crippen LogP contribution in [0.1, 0.15) is 6.92 Å². The maximum Gasteiger partial charge on any atom is 0.260 e. The van der Waals surface area contributed by atoms with Crippen molar-refractivity contribution in [2.75, 3.05) is 41.2 Å². The molecule has 0 aliphatic rings. The highest BCUT2D eigenvalue weighted by Crippen LogP contribution is 2.14. The van der Waals surface area contributed by atoms with Gasteiger partial charge in [-0.3, -0.25) is 0 Å². The molecule has 1 heterocycles. The number of ether oxygens (including phenoxy) is 3. The zero-order chi connectivity index (χ0) is 15.9. The monoisotopic (exact) mass is 322 g/mol. The zero-order valence-corrected chi connectivity index (χ0v) is 13.5. The van der Waals surface area contributed by atoms with E-state index in [1.165, 1.54) is 32.2 Å². The van der Waals surface area contributed by atoms with Crippen LogP contribution in [-0.2, 0) is 30.8 Å². The Balaban J connectivity index is 3.11. The minimum absolute atomic E-state index is 0.0160. The second-order valence-electron chi connectivity index (χ2n) is 4.57. The molecule has 0 saturated carbocycles. The first-order valence-corrected chi connectivity index (χ1v) is 7.82. The predicted octanol–water partition coefficient (Wildman–Crippen LogP) is -0.746. The van der Waals surface area contributed by atoms with E-state index in [2.05, 4.69) is 15.0 Å². The molecule has 0 aliphatic carbocycles. The van der Waals surface area contributed by atoms with Gasteiger partial charge in [0.15, 0.2) is 5.03 Å². The van der Waals surface area contributed by atoms with E-state index in [0.29, 0.717) is 6.54 Å². The fraction of sp³-hybridized carbons (Fsp3) is 0.818. The number of aromatic nitrogens is 3. The number of nitrogens with zero attached hydrogens (tertiary/aromatic N) is 3. The molecule has 10 heteroatoms. The molecule has 0 fully saturated rings. The fourth-order valence-electron chi connectivity index (χ4n) is 2.06. The normalized spacial score (nSPS) is 12.8. The molecule has 122 valence electrons. The average Bonchev–Trinajstić information content (AvgIpc) is 2.88. The SMILES string of the molecule is CCn1nncc1S(=O)(=O)NC(COC)(COC)COC. The lowest BCUT2D eigenvalue weighted by Crippen LogP contribution is -2.58. The number of methoxy groups -OCH3 is 3. The molecule has 0 saturated heterocycles. The van der Waals surface area contributed by atoms with Crippen molar-refractivity contribution >= 4 is 10.0 Å². The quantitative estimate of drug-likeness (QED) is 0.604. The van der Waals surface area contributed by atoms with Crippen molar-refractivity contribution in [1.82, 2.24) is 19.7 Å². The van der Waals surface area contributed by atoms with E-state index in [1.807, 2.05) is 0 Å². The molecule has 1 rings (SSSR count). The number of rotatable bonds is 10. The Morgan fingerprint density at radius 1 is 1.19 bits per heavy atom. The first-order valence-electron chi connectivity index (χ1n) is 6.34. The Morgan fingerprint density at radius 2 is 1.71 bits per heavy atom. The van der Waals surface area contributed by atoms with Crippen molar-refractivity contribution in [3.8, 4) is 0 Å². The first kappa shape index (κ1) is 18.0. The van der Waals surface area contributed by atoms with E-state index in [9.17, 15) is 8.42 Å². The lowest BCUT2D eigenvalue weighted by Gasteiger charge is -2.32. The maximum atomic E-state index is 12.5. The van der Waals surface area contributed by atoms with Crippen molar-refractivity contribution in [3.05, 3.63) is 6.20 Å². The molecule has 0 unspecified atom stereocenters. The topological polar surface area (TPSA) is 105 Å². The number of aryl methyl sites for hydroxylation is 1. The summed E-state index contributed by atoms with van der Waals surface area (Å²) in [6.07, 6.45) is 1.20. The Bertz CT molecular complexity index is 513. The summed E-state index contributed by atoms with van der Waals surface area (Å²) in [5.74, 6) is 0. The van der Waals surface area contributed by atoms with Crippen LogP contribution < -0.4 is 4.72 Å². The Labute approximate surface area is 124 Å². The van der Waals surface area contributed by atoms with E-state index in [4.69, 9.17) is 14.2 Å². The number of hydrogen-bond acceptors (Lipinski definition) is 7. The van der Waals surface area contributed by atoms with Crippen molar-refractivity contribution in [2.24, 2.45) is 0 Å². The average molecular weight is 322 g/mol. The molecule has 0 atom stereocenters. The number of sulfonamides is 1. The standard InChI is InChI=1S/C11H22N4O5S/c1-5-15-10(6-12-14-15)21(16,17)13-11(7-18-2,8-19-3)9-20-4/h6,13H,5,7-9H2,1-4H3. The molecule has 0 aromatic carbocycles. The van der Waals surface area contributed by atoms with Crippen LogP contribution in [0.3, 0.4) is 0 Å². The highest BCUT2D eigenvalue weighted by atomic mass is 32.2. The summed E-state index contributed by atoms with van der Waals surface area (Å²) >= 11 is 0. The highest BCUT2D eigenvalue weighted by Gasteiger charge is 2.37. The van der Waals surface area contributed by atoms with Crippen LogP contribution in [-0.4, -0.2) is 70.1 Å². The largest absolute Gasteiger partial charge is 0.383 e. The van der Waals surface area contributed by atoms with Crippen LogP contribution in [0, 0.1) is 0 Å². The number of nitrogens with one attached hydrogen (secondary N) is 1. The van der Waals surface area contributed by atoms with Crippen molar-refractivity contribution in [3.63, 3.8) is 0 Å². The third-order valence-corrected chi connectivity index (χ3v) is 4.34. The highest BCUT2D eigenvalue weighted by molar-refractivity contribution is 7.89. The van der Waals surface area contributed by atoms with E-state index < -0.39 is 15.6 Å². The third-order valence-electron chi connectivity index (χ3n) is 2.77. The van der Waals surface area contributed by atoms with Crippen LogP contribution in [0.2, 0.25) is 0 Å². The second-order valence-corrected chi connectivity index (χ2v) is 6.20. The van der Waals surface area contributed by atoms with Crippen molar-refractivity contribution < 1.29 is 22.6 Å². The molecular formula is C11H22N4O5S. The molecule has 0 bridgehead atoms. The third kappa shape index (κ3) is 4.45. The summed E-state index contributed by atoms with van der Waals surface area (Å²) < 4.78 is 44.3. The molecule has 0 radical (unpaired) electrons. The summed E-state index contributed by atoms with van der Waals surface area (Å²) in [7, 11) is 0.599. The molecule has 9 nitrogen and oxygen atoms in total. The first-order chi connectivity index (χ1) is 9.94. The number of hydrogen-bond donors (Lipinski definition) is 1. The van der Waals surface area contributed by atoms with Gasteiger partial charge < -0.3 is 14.2 Å². The summed E-state index contributed by atoms with van der Waals surface area (Å²) in [5, 5.41) is 7.33. The van der Waals surface area contributed by atoms with Gasteiger partial charge in [-0.05, 0) is 6.92 Å². The molecule has 1 aromatic heterocycles. The minimum Gasteiger partial charge on any atom is -0.383 e. The summed E-state index contributed by atoms with van der Waals surface area (Å²) in [6.45, 7) is 2.47. The molecule has 1 N–H and O–H groups in total. The predicted molar refractivity (Wildman–Crippen MR) is 74.4 cm³/mol. The van der Waals surface area contributed by atoms with Crippen LogP contribution in [0.25, 0.3) is 0 Å². The molecule has 1 aromatic rings. The van der Waals surface area contributed by atoms with E-state index in [-0.39, 0.29) is 24.8 Å². The van der Waals surface area contributed by atoms with Gasteiger partial charge in [-0.25, -0.2) is 13.1 Å². The Morgan fingerprint density at radius 3 is 2.14 bits per heavy atom. The Hall–Kier alpha value is -1.07. The van der Waals surface area contributed by atoms with Crippen LogP contribution in [0.15, 0.2) is 11.2 Å². The molecular weight excluding hydrogens is 300 g/mol. The molecule has 21 heavy (non-hydrogen) atoms. The van der Waals surface area contributed by atoms with Gasteiger partial charge in [0.2, 0.25) is 0 Å². The van der Waals surface area contributed by atoms with E-state index in [0.717, 1.165) is 0 Å². The summed E-state index contributed by atoms with van der Waals surface area (Å²) in [6, 6.07) is 0. The Kier molecular flexibility index (Phi) is 6.68. The second kappa shape index (κ2) is 7.80. The van der Waals surface area contributed by atoms with Crippen molar-refractivity contribution in [1.29, 1.82) is 0 Å². The maximum absolute atomic E-state index is 12.5. The van der Waals surface area contributed by atoms with Gasteiger partial charge in [-0.2, -0.15) is 4.72 Å². The molecule has 0 amide bonds. The van der Waals surface area contributed by atoms with Crippen LogP contribution >= 0.6 is 0 Å². The van der Waals surface area contributed by atoms with Crippen LogP contribution in [0.5, 0.6) is 0 Å². The lowest BCUT2D eigenvalue weighted by atomic mass is 10.1. The summed E-state index contributed by atoms with van der Waals surface area (Å²) in [5.41, 5.74) is -1.03. The fourth-order valence-corrected chi connectivity index (χ4v) is 3.54. The van der Waals surface area contributed by atoms with E-state index in [1.54, 1.807) is 6.92 Å².